The number of hydrogen-bond donors (Lipinski definition) is 3. The van der Waals surface area contributed by atoms with Crippen LogP contribution in [0.3, 0.4) is 0 Å². The molecule has 1 aliphatic carbocycles. The van der Waals surface area contributed by atoms with E-state index in [9.17, 15) is 24.6 Å². The van der Waals surface area contributed by atoms with Crippen LogP contribution in [0.15, 0.2) is 48.5 Å². The number of carboxylic acid groups (broad SMARTS) is 1. The number of benzene rings is 2. The van der Waals surface area contributed by atoms with E-state index in [1.165, 1.54) is 0 Å². The Balaban J connectivity index is 1.43. The highest BCUT2D eigenvalue weighted by Gasteiger charge is 2.41. The molecule has 2 unspecified atom stereocenters. The van der Waals surface area contributed by atoms with Crippen LogP contribution in [0, 0.1) is 0 Å². The molecule has 1 aliphatic heterocycles. The number of nitrogens with zero attached hydrogens (tertiary/aromatic N) is 1. The summed E-state index contributed by atoms with van der Waals surface area (Å²) in [5.74, 6) is -1.79. The van der Waals surface area contributed by atoms with Crippen LogP contribution in [0.1, 0.15) is 43.2 Å². The molecule has 8 heteroatoms. The molecule has 33 heavy (non-hydrogen) atoms. The van der Waals surface area contributed by atoms with E-state index in [4.69, 9.17) is 4.74 Å². The molecule has 0 bridgehead atoms. The third kappa shape index (κ3) is 4.57. The van der Waals surface area contributed by atoms with Crippen molar-refractivity contribution in [2.24, 2.45) is 0 Å². The monoisotopic (exact) mass is 452 g/mol. The van der Waals surface area contributed by atoms with Gasteiger partial charge >= 0.3 is 12.1 Å². The lowest BCUT2D eigenvalue weighted by Crippen LogP contribution is -2.52. The summed E-state index contributed by atoms with van der Waals surface area (Å²) < 4.78 is 5.54. The number of rotatable bonds is 7. The van der Waals surface area contributed by atoms with Crippen molar-refractivity contribution in [3.63, 3.8) is 0 Å². The second-order valence-electron chi connectivity index (χ2n) is 8.55. The number of hydrogen-bond acceptors (Lipinski definition) is 5. The molecule has 3 N–H and O–H groups in total. The van der Waals surface area contributed by atoms with Crippen LogP contribution in [-0.4, -0.2) is 64.4 Å². The van der Waals surface area contributed by atoms with Crippen molar-refractivity contribution in [2.75, 3.05) is 13.2 Å². The van der Waals surface area contributed by atoms with Crippen LogP contribution in [0.25, 0.3) is 11.1 Å². The maximum absolute atomic E-state index is 13.0. The van der Waals surface area contributed by atoms with Crippen molar-refractivity contribution in [2.45, 2.75) is 50.3 Å². The number of aliphatic hydroxyl groups is 1. The van der Waals surface area contributed by atoms with E-state index in [0.29, 0.717) is 12.8 Å². The highest BCUT2D eigenvalue weighted by Crippen LogP contribution is 2.44. The molecule has 3 atom stereocenters. The summed E-state index contributed by atoms with van der Waals surface area (Å²) in [6, 6.07) is 14.0. The largest absolute Gasteiger partial charge is 0.480 e. The van der Waals surface area contributed by atoms with Gasteiger partial charge in [0.25, 0.3) is 0 Å². The Bertz CT molecular complexity index is 1010. The molecule has 1 fully saturated rings. The van der Waals surface area contributed by atoms with Gasteiger partial charge in [-0.1, -0.05) is 61.9 Å². The number of fused-ring (bicyclic) bond motifs is 3. The molecule has 1 heterocycles. The number of alkyl carbamates (subject to hydrolysis) is 1. The van der Waals surface area contributed by atoms with Gasteiger partial charge in [0.2, 0.25) is 5.91 Å². The van der Waals surface area contributed by atoms with Crippen molar-refractivity contribution in [3.05, 3.63) is 59.7 Å². The highest BCUT2D eigenvalue weighted by atomic mass is 16.5. The number of β-amino-alcohol motifs (C(OH)–C–C–N with tert-alkyl or cyclic N) is 1. The first-order valence-corrected chi connectivity index (χ1v) is 11.2. The van der Waals surface area contributed by atoms with Crippen molar-refractivity contribution in [3.8, 4) is 11.1 Å². The number of aliphatic carboxylic acids is 1. The van der Waals surface area contributed by atoms with Crippen LogP contribution >= 0.6 is 0 Å². The van der Waals surface area contributed by atoms with Gasteiger partial charge in [0.05, 0.1) is 6.10 Å². The lowest BCUT2D eigenvalue weighted by molar-refractivity contribution is -0.149. The number of carbonyl (C=O) groups excluding carboxylic acids is 2. The fraction of sp³-hybridized carbons (Fsp3) is 0.400. The maximum atomic E-state index is 13.0. The molecular weight excluding hydrogens is 424 g/mol. The number of carbonyl (C=O) groups is 3. The molecule has 1 saturated heterocycles. The van der Waals surface area contributed by atoms with Gasteiger partial charge in [0, 0.05) is 18.9 Å². The zero-order valence-electron chi connectivity index (χ0n) is 18.4. The van der Waals surface area contributed by atoms with Crippen molar-refractivity contribution in [1.29, 1.82) is 0 Å². The zero-order chi connectivity index (χ0) is 23.5. The van der Waals surface area contributed by atoms with Gasteiger partial charge in [0.15, 0.2) is 0 Å². The molecular formula is C25H28N2O6. The Morgan fingerprint density at radius 2 is 1.70 bits per heavy atom. The summed E-state index contributed by atoms with van der Waals surface area (Å²) in [5, 5.41) is 21.9. The molecule has 2 aromatic rings. The van der Waals surface area contributed by atoms with Gasteiger partial charge in [-0.3, -0.25) is 4.79 Å². The highest BCUT2D eigenvalue weighted by molar-refractivity contribution is 5.90. The number of ether oxygens (including phenoxy) is 1. The maximum Gasteiger partial charge on any atom is 0.407 e. The van der Waals surface area contributed by atoms with Crippen molar-refractivity contribution in [1.82, 2.24) is 10.2 Å². The SMILES string of the molecule is CCC[C@H](NC(=O)OCC1c2ccccc2-c2ccccc21)C(=O)N1CC(O)CC1C(=O)O. The molecule has 0 aromatic heterocycles. The predicted octanol–water partition coefficient (Wildman–Crippen LogP) is 2.74. The molecule has 2 amide bonds. The zero-order valence-corrected chi connectivity index (χ0v) is 18.4. The summed E-state index contributed by atoms with van der Waals surface area (Å²) in [4.78, 5) is 38.3. The first kappa shape index (κ1) is 22.8. The minimum absolute atomic E-state index is 0.0230. The van der Waals surface area contributed by atoms with Gasteiger partial charge in [-0.15, -0.1) is 0 Å². The molecule has 8 nitrogen and oxygen atoms in total. The smallest absolute Gasteiger partial charge is 0.407 e. The van der Waals surface area contributed by atoms with E-state index in [1.54, 1.807) is 0 Å². The average molecular weight is 453 g/mol. The summed E-state index contributed by atoms with van der Waals surface area (Å²) in [5.41, 5.74) is 4.41. The normalized spacial score (nSPS) is 20.1. The van der Waals surface area contributed by atoms with E-state index in [-0.39, 0.29) is 25.5 Å². The molecule has 0 saturated carbocycles. The van der Waals surface area contributed by atoms with Gasteiger partial charge in [0.1, 0.15) is 18.7 Å². The predicted molar refractivity (Wildman–Crippen MR) is 121 cm³/mol. The van der Waals surface area contributed by atoms with Gasteiger partial charge in [-0.2, -0.15) is 0 Å². The van der Waals surface area contributed by atoms with Gasteiger partial charge in [-0.05, 0) is 28.7 Å². The fourth-order valence-corrected chi connectivity index (χ4v) is 4.82. The van der Waals surface area contributed by atoms with Crippen LogP contribution in [-0.2, 0) is 14.3 Å². The second-order valence-corrected chi connectivity index (χ2v) is 8.55. The number of amides is 2. The van der Waals surface area contributed by atoms with E-state index < -0.39 is 36.2 Å². The Labute approximate surface area is 192 Å². The molecule has 0 radical (unpaired) electrons. The quantitative estimate of drug-likeness (QED) is 0.595. The Hall–Kier alpha value is -3.39. The Kier molecular flexibility index (Phi) is 6.65. The topological polar surface area (TPSA) is 116 Å². The number of aliphatic hydroxyl groups excluding tert-OH is 1. The van der Waals surface area contributed by atoms with Crippen LogP contribution in [0.5, 0.6) is 0 Å². The first-order valence-electron chi connectivity index (χ1n) is 11.2. The minimum Gasteiger partial charge on any atom is -0.480 e. The fourth-order valence-electron chi connectivity index (χ4n) is 4.82. The van der Waals surface area contributed by atoms with E-state index in [1.807, 2.05) is 55.5 Å². The average Bonchev–Trinajstić information content (AvgIpc) is 3.35. The summed E-state index contributed by atoms with van der Waals surface area (Å²) >= 11 is 0. The minimum atomic E-state index is -1.17. The Morgan fingerprint density at radius 3 is 2.27 bits per heavy atom. The number of carboxylic acids is 1. The summed E-state index contributed by atoms with van der Waals surface area (Å²) in [6.07, 6.45) is -0.705. The lowest BCUT2D eigenvalue weighted by Gasteiger charge is -2.27. The molecule has 2 aromatic carbocycles. The van der Waals surface area contributed by atoms with Crippen LogP contribution in [0.2, 0.25) is 0 Å². The summed E-state index contributed by atoms with van der Waals surface area (Å²) in [6.45, 7) is 1.92. The molecule has 174 valence electrons. The standard InChI is InChI=1S/C25H28N2O6/c1-2-7-21(23(29)27-13-15(28)12-22(27)24(30)31)26-25(32)33-14-20-18-10-5-3-8-16(18)17-9-4-6-11-19(17)20/h3-6,8-11,15,20-22,28H,2,7,12-14H2,1H3,(H,26,32)(H,30,31)/t15?,21-,22?/m0/s1. The second kappa shape index (κ2) is 9.62. The van der Waals surface area contributed by atoms with E-state index >= 15 is 0 Å². The molecule has 0 spiro atoms. The van der Waals surface area contributed by atoms with E-state index in [0.717, 1.165) is 27.2 Å². The van der Waals surface area contributed by atoms with Crippen LogP contribution < -0.4 is 5.32 Å². The molecule has 2 aliphatic rings. The van der Waals surface area contributed by atoms with Gasteiger partial charge < -0.3 is 25.2 Å². The van der Waals surface area contributed by atoms with E-state index in [2.05, 4.69) is 5.32 Å². The number of nitrogens with one attached hydrogen (secondary N) is 1. The summed E-state index contributed by atoms with van der Waals surface area (Å²) in [7, 11) is 0. The Morgan fingerprint density at radius 1 is 1.09 bits per heavy atom. The van der Waals surface area contributed by atoms with Gasteiger partial charge in [-0.25, -0.2) is 9.59 Å². The molecule has 4 rings (SSSR count). The number of likely N-dealkylation sites (tertiary alicyclic amines) is 1. The van der Waals surface area contributed by atoms with Crippen molar-refractivity contribution < 1.29 is 29.3 Å². The van der Waals surface area contributed by atoms with Crippen LogP contribution in [0.4, 0.5) is 4.79 Å². The third-order valence-corrected chi connectivity index (χ3v) is 6.36. The third-order valence-electron chi connectivity index (χ3n) is 6.36. The lowest BCUT2D eigenvalue weighted by atomic mass is 9.98. The first-order chi connectivity index (χ1) is 15.9. The van der Waals surface area contributed by atoms with Crippen molar-refractivity contribution >= 4 is 18.0 Å².